The van der Waals surface area contributed by atoms with Gasteiger partial charge in [0.05, 0.1) is 24.3 Å². The van der Waals surface area contributed by atoms with E-state index in [1.165, 1.54) is 17.5 Å². The van der Waals surface area contributed by atoms with Crippen LogP contribution < -0.4 is 5.32 Å². The lowest BCUT2D eigenvalue weighted by molar-refractivity contribution is -0.120. The van der Waals surface area contributed by atoms with Crippen LogP contribution in [0, 0.1) is 5.92 Å². The molecule has 2 aromatic carbocycles. The number of nitrogens with zero attached hydrogens (tertiary/aromatic N) is 1. The molecule has 0 aliphatic carbocycles. The molecule has 8 heteroatoms. The van der Waals surface area contributed by atoms with Gasteiger partial charge in [0.15, 0.2) is 0 Å². The van der Waals surface area contributed by atoms with E-state index in [1.54, 1.807) is 42.5 Å². The molecule has 1 saturated heterocycles. The predicted octanol–water partition coefficient (Wildman–Crippen LogP) is 2.65. The number of nitrogens with one attached hydrogen (secondary N) is 1. The molecule has 1 heterocycles. The average molecular weight is 416 g/mol. The molecule has 1 amide bonds. The molecule has 3 rings (SSSR count). The lowest BCUT2D eigenvalue weighted by atomic mass is 9.98. The van der Waals surface area contributed by atoms with Gasteiger partial charge >= 0.3 is 5.97 Å². The fourth-order valence-electron chi connectivity index (χ4n) is 3.37. The smallest absolute Gasteiger partial charge is 0.337 e. The Hall–Kier alpha value is -2.71. The van der Waals surface area contributed by atoms with Crippen LogP contribution in [0.15, 0.2) is 54.6 Å². The maximum absolute atomic E-state index is 12.8. The highest BCUT2D eigenvalue weighted by atomic mass is 32.2. The van der Waals surface area contributed by atoms with Crippen molar-refractivity contribution in [1.29, 1.82) is 0 Å². The van der Waals surface area contributed by atoms with Gasteiger partial charge < -0.3 is 10.1 Å². The minimum atomic E-state index is -3.50. The Labute approximate surface area is 170 Å². The number of amides is 1. The van der Waals surface area contributed by atoms with Gasteiger partial charge in [-0.15, -0.1) is 0 Å². The second-order valence-electron chi connectivity index (χ2n) is 7.00. The van der Waals surface area contributed by atoms with Crippen molar-refractivity contribution in [3.8, 4) is 0 Å². The van der Waals surface area contributed by atoms with E-state index in [0.29, 0.717) is 30.6 Å². The van der Waals surface area contributed by atoms with Gasteiger partial charge in [0.2, 0.25) is 15.9 Å². The first kappa shape index (κ1) is 21.0. The number of rotatable bonds is 6. The summed E-state index contributed by atoms with van der Waals surface area (Å²) in [6.07, 6.45) is 1.23. The number of hydrogen-bond donors (Lipinski definition) is 1. The maximum Gasteiger partial charge on any atom is 0.337 e. The average Bonchev–Trinajstić information content (AvgIpc) is 2.74. The summed E-state index contributed by atoms with van der Waals surface area (Å²) in [6.45, 7) is 0.564. The third-order valence-corrected chi connectivity index (χ3v) is 6.71. The Bertz CT molecular complexity index is 976. The van der Waals surface area contributed by atoms with Crippen LogP contribution in [0.4, 0.5) is 5.69 Å². The largest absolute Gasteiger partial charge is 0.465 e. The summed E-state index contributed by atoms with van der Waals surface area (Å²) in [5.41, 5.74) is 1.53. The van der Waals surface area contributed by atoms with Crippen molar-refractivity contribution in [3.05, 3.63) is 65.7 Å². The first-order valence-electron chi connectivity index (χ1n) is 9.40. The number of methoxy groups -OCH3 is 1. The summed E-state index contributed by atoms with van der Waals surface area (Å²) in [7, 11) is -2.21. The van der Waals surface area contributed by atoms with E-state index >= 15 is 0 Å². The van der Waals surface area contributed by atoms with E-state index < -0.39 is 21.9 Å². The Morgan fingerprint density at radius 3 is 2.62 bits per heavy atom. The standard InChI is InChI=1S/C21H24N2O5S/c1-28-21(25)17-9-5-11-19(13-17)22-20(24)18-10-6-12-23(14-18)29(26,27)15-16-7-3-2-4-8-16/h2-5,7-9,11,13,18H,6,10,12,14-15H2,1H3,(H,22,24). The molecule has 154 valence electrons. The van der Waals surface area contributed by atoms with Gasteiger partial charge in [-0.05, 0) is 36.6 Å². The number of piperidine rings is 1. The lowest BCUT2D eigenvalue weighted by Crippen LogP contribution is -2.44. The number of anilines is 1. The van der Waals surface area contributed by atoms with Crippen LogP contribution in [0.25, 0.3) is 0 Å². The van der Waals surface area contributed by atoms with Crippen LogP contribution in [0.3, 0.4) is 0 Å². The molecule has 1 aliphatic rings. The number of ether oxygens (including phenoxy) is 1. The fourth-order valence-corrected chi connectivity index (χ4v) is 4.98. The molecular weight excluding hydrogens is 392 g/mol. The molecule has 0 aromatic heterocycles. The molecule has 1 unspecified atom stereocenters. The van der Waals surface area contributed by atoms with E-state index in [-0.39, 0.29) is 18.2 Å². The Morgan fingerprint density at radius 1 is 1.14 bits per heavy atom. The van der Waals surface area contributed by atoms with Crippen molar-refractivity contribution in [2.24, 2.45) is 5.92 Å². The second kappa shape index (κ2) is 9.19. The van der Waals surface area contributed by atoms with Crippen molar-refractivity contribution in [3.63, 3.8) is 0 Å². The first-order chi connectivity index (χ1) is 13.9. The molecule has 7 nitrogen and oxygen atoms in total. The molecule has 0 radical (unpaired) electrons. The summed E-state index contributed by atoms with van der Waals surface area (Å²) < 4.78 is 31.6. The van der Waals surface area contributed by atoms with Crippen molar-refractivity contribution < 1.29 is 22.7 Å². The third-order valence-electron chi connectivity index (χ3n) is 4.89. The van der Waals surface area contributed by atoms with Crippen molar-refractivity contribution in [1.82, 2.24) is 4.31 Å². The zero-order valence-corrected chi connectivity index (χ0v) is 17.0. The number of esters is 1. The molecule has 29 heavy (non-hydrogen) atoms. The van der Waals surface area contributed by atoms with Crippen LogP contribution in [0.5, 0.6) is 0 Å². The summed E-state index contributed by atoms with van der Waals surface area (Å²) >= 11 is 0. The zero-order valence-electron chi connectivity index (χ0n) is 16.2. The number of hydrogen-bond acceptors (Lipinski definition) is 5. The topological polar surface area (TPSA) is 92.8 Å². The minimum absolute atomic E-state index is 0.0800. The molecule has 1 N–H and O–H groups in total. The van der Waals surface area contributed by atoms with Gasteiger partial charge in [-0.1, -0.05) is 36.4 Å². The minimum Gasteiger partial charge on any atom is -0.465 e. The monoisotopic (exact) mass is 416 g/mol. The third kappa shape index (κ3) is 5.42. The Morgan fingerprint density at radius 2 is 1.90 bits per heavy atom. The van der Waals surface area contributed by atoms with Crippen molar-refractivity contribution >= 4 is 27.6 Å². The molecule has 0 saturated carbocycles. The number of benzene rings is 2. The van der Waals surface area contributed by atoms with Gasteiger partial charge in [0, 0.05) is 18.8 Å². The van der Waals surface area contributed by atoms with Crippen molar-refractivity contribution in [2.75, 3.05) is 25.5 Å². The van der Waals surface area contributed by atoms with Gasteiger partial charge in [-0.2, -0.15) is 0 Å². The summed E-state index contributed by atoms with van der Waals surface area (Å²) in [6, 6.07) is 15.5. The van der Waals surface area contributed by atoms with Crippen LogP contribution >= 0.6 is 0 Å². The number of carbonyl (C=O) groups excluding carboxylic acids is 2. The van der Waals surface area contributed by atoms with Crippen molar-refractivity contribution in [2.45, 2.75) is 18.6 Å². The van der Waals surface area contributed by atoms with E-state index in [9.17, 15) is 18.0 Å². The molecule has 1 aliphatic heterocycles. The molecular formula is C21H24N2O5S. The molecule has 1 fully saturated rings. The SMILES string of the molecule is COC(=O)c1cccc(NC(=O)C2CCCN(S(=O)(=O)Cc3ccccc3)C2)c1. The Balaban J connectivity index is 1.66. The number of carbonyl (C=O) groups is 2. The highest BCUT2D eigenvalue weighted by Gasteiger charge is 2.32. The molecule has 0 bridgehead atoms. The van der Waals surface area contributed by atoms with Gasteiger partial charge in [-0.3, -0.25) is 4.79 Å². The molecule has 2 aromatic rings. The predicted molar refractivity (Wildman–Crippen MR) is 110 cm³/mol. The lowest BCUT2D eigenvalue weighted by Gasteiger charge is -2.31. The van der Waals surface area contributed by atoms with Crippen LogP contribution in [-0.2, 0) is 25.3 Å². The number of sulfonamides is 1. The van der Waals surface area contributed by atoms with Crippen LogP contribution in [0.2, 0.25) is 0 Å². The highest BCUT2D eigenvalue weighted by Crippen LogP contribution is 2.23. The Kier molecular flexibility index (Phi) is 6.66. The van der Waals surface area contributed by atoms with Gasteiger partial charge in [0.1, 0.15) is 0 Å². The van der Waals surface area contributed by atoms with Gasteiger partial charge in [-0.25, -0.2) is 17.5 Å². The van der Waals surface area contributed by atoms with Crippen LogP contribution in [-0.4, -0.2) is 44.8 Å². The normalized spacial score (nSPS) is 17.5. The zero-order chi connectivity index (χ0) is 20.9. The highest BCUT2D eigenvalue weighted by molar-refractivity contribution is 7.88. The van der Waals surface area contributed by atoms with E-state index in [2.05, 4.69) is 10.1 Å². The second-order valence-corrected chi connectivity index (χ2v) is 8.97. The summed E-state index contributed by atoms with van der Waals surface area (Å²) in [5.74, 6) is -1.27. The quantitative estimate of drug-likeness (QED) is 0.731. The maximum atomic E-state index is 12.8. The van der Waals surface area contributed by atoms with E-state index in [4.69, 9.17) is 0 Å². The van der Waals surface area contributed by atoms with E-state index in [0.717, 1.165) is 5.56 Å². The van der Waals surface area contributed by atoms with Crippen LogP contribution in [0.1, 0.15) is 28.8 Å². The first-order valence-corrected chi connectivity index (χ1v) is 11.0. The summed E-state index contributed by atoms with van der Waals surface area (Å²) in [5, 5.41) is 2.78. The molecule has 1 atom stereocenters. The van der Waals surface area contributed by atoms with E-state index in [1.807, 2.05) is 6.07 Å². The molecule has 0 spiro atoms. The van der Waals surface area contributed by atoms with Gasteiger partial charge in [0.25, 0.3) is 0 Å². The fraction of sp³-hybridized carbons (Fsp3) is 0.333. The summed E-state index contributed by atoms with van der Waals surface area (Å²) in [4.78, 5) is 24.3.